The van der Waals surface area contributed by atoms with E-state index < -0.39 is 36.3 Å². The molecule has 0 amide bonds. The van der Waals surface area contributed by atoms with Gasteiger partial charge in [-0.3, -0.25) is 19.3 Å². The van der Waals surface area contributed by atoms with Crippen molar-refractivity contribution in [2.75, 3.05) is 19.6 Å². The molecule has 46 heavy (non-hydrogen) atoms. The third-order valence-corrected chi connectivity index (χ3v) is 8.79. The van der Waals surface area contributed by atoms with Crippen LogP contribution in [0.4, 0.5) is 13.2 Å². The van der Waals surface area contributed by atoms with Crippen molar-refractivity contribution < 1.29 is 27.9 Å². The highest BCUT2D eigenvalue weighted by atomic mass is 19.1. The SMILES string of the molecule is Cc1cc(-c2c(C)cc(F)cc2C)cc([C@@H](CCC(=O)[C@H](CC(C)C)n2nc(CCN3CC(F)C3)cc(C)c2=O)CC(=O)O)c1F. The second-order valence-corrected chi connectivity index (χ2v) is 13.2. The molecule has 1 fully saturated rings. The Labute approximate surface area is 268 Å². The fourth-order valence-electron chi connectivity index (χ4n) is 6.48. The number of likely N-dealkylation sites (tertiary alicyclic amines) is 1. The fourth-order valence-corrected chi connectivity index (χ4v) is 6.48. The molecule has 248 valence electrons. The Morgan fingerprint density at radius 2 is 1.63 bits per heavy atom. The van der Waals surface area contributed by atoms with Crippen molar-refractivity contribution in [3.8, 4) is 11.1 Å². The van der Waals surface area contributed by atoms with Gasteiger partial charge in [0, 0.05) is 38.0 Å². The maximum absolute atomic E-state index is 15.7. The third kappa shape index (κ3) is 8.32. The number of alkyl halides is 1. The van der Waals surface area contributed by atoms with Crippen LogP contribution in [0.15, 0.2) is 35.1 Å². The molecule has 2 atom stereocenters. The molecular weight excluding hydrogens is 595 g/mol. The molecule has 0 saturated carbocycles. The monoisotopic (exact) mass is 639 g/mol. The second kappa shape index (κ2) is 14.8. The van der Waals surface area contributed by atoms with E-state index in [0.29, 0.717) is 66.0 Å². The van der Waals surface area contributed by atoms with E-state index in [1.807, 2.05) is 18.7 Å². The third-order valence-electron chi connectivity index (χ3n) is 8.79. The van der Waals surface area contributed by atoms with E-state index >= 15 is 4.39 Å². The number of rotatable bonds is 14. The number of ketones is 1. The molecule has 0 bridgehead atoms. The van der Waals surface area contributed by atoms with E-state index in [4.69, 9.17) is 0 Å². The Bertz CT molecular complexity index is 1640. The van der Waals surface area contributed by atoms with Crippen LogP contribution in [0.5, 0.6) is 0 Å². The lowest BCUT2D eigenvalue weighted by Gasteiger charge is -2.34. The Morgan fingerprint density at radius 3 is 2.22 bits per heavy atom. The van der Waals surface area contributed by atoms with Gasteiger partial charge < -0.3 is 5.11 Å². The quantitative estimate of drug-likeness (QED) is 0.208. The molecule has 1 N–H and O–H groups in total. The lowest BCUT2D eigenvalue weighted by Crippen LogP contribution is -2.49. The van der Waals surface area contributed by atoms with Gasteiger partial charge in [0.1, 0.15) is 23.8 Å². The van der Waals surface area contributed by atoms with Crippen LogP contribution in [0.1, 0.15) is 85.0 Å². The second-order valence-electron chi connectivity index (χ2n) is 13.2. The maximum Gasteiger partial charge on any atom is 0.303 e. The first-order chi connectivity index (χ1) is 21.6. The topological polar surface area (TPSA) is 92.5 Å². The number of halogens is 3. The summed E-state index contributed by atoms with van der Waals surface area (Å²) in [7, 11) is 0. The van der Waals surface area contributed by atoms with Gasteiger partial charge in [0.25, 0.3) is 5.56 Å². The molecule has 0 spiro atoms. The highest BCUT2D eigenvalue weighted by Gasteiger charge is 2.29. The van der Waals surface area contributed by atoms with Crippen LogP contribution in [-0.4, -0.2) is 57.3 Å². The lowest BCUT2D eigenvalue weighted by atomic mass is 9.84. The normalized spacial score (nSPS) is 15.2. The number of hydrogen-bond donors (Lipinski definition) is 1. The van der Waals surface area contributed by atoms with Gasteiger partial charge in [0.05, 0.1) is 12.1 Å². The minimum Gasteiger partial charge on any atom is -0.481 e. The molecule has 4 rings (SSSR count). The van der Waals surface area contributed by atoms with Crippen LogP contribution in [-0.2, 0) is 16.0 Å². The Hall–Kier alpha value is -3.79. The number of carboxylic acids is 1. The first kappa shape index (κ1) is 35.1. The summed E-state index contributed by atoms with van der Waals surface area (Å²) in [6, 6.07) is 6.91. The molecule has 2 heterocycles. The van der Waals surface area contributed by atoms with E-state index in [-0.39, 0.29) is 41.5 Å². The number of Topliss-reactive ketones (excluding diaryl/α,β-unsaturated/α-hetero) is 1. The molecule has 0 radical (unpaired) electrons. The zero-order chi connectivity index (χ0) is 33.9. The first-order valence-corrected chi connectivity index (χ1v) is 15.9. The summed E-state index contributed by atoms with van der Waals surface area (Å²) >= 11 is 0. The largest absolute Gasteiger partial charge is 0.481 e. The molecule has 2 aromatic carbocycles. The molecule has 0 aliphatic carbocycles. The summed E-state index contributed by atoms with van der Waals surface area (Å²) in [5.41, 5.74) is 3.93. The van der Waals surface area contributed by atoms with Crippen molar-refractivity contribution in [1.82, 2.24) is 14.7 Å². The molecule has 0 unspecified atom stereocenters. The predicted molar refractivity (Wildman–Crippen MR) is 172 cm³/mol. The van der Waals surface area contributed by atoms with E-state index in [9.17, 15) is 28.3 Å². The van der Waals surface area contributed by atoms with Gasteiger partial charge in [-0.25, -0.2) is 17.9 Å². The zero-order valence-electron chi connectivity index (χ0n) is 27.5. The van der Waals surface area contributed by atoms with Gasteiger partial charge in [-0.05, 0) is 116 Å². The van der Waals surface area contributed by atoms with Crippen LogP contribution in [0.25, 0.3) is 11.1 Å². The van der Waals surface area contributed by atoms with Crippen molar-refractivity contribution >= 4 is 11.8 Å². The average Bonchev–Trinajstić information content (AvgIpc) is 2.94. The Morgan fingerprint density at radius 1 is 0.978 bits per heavy atom. The van der Waals surface area contributed by atoms with Gasteiger partial charge >= 0.3 is 5.97 Å². The van der Waals surface area contributed by atoms with E-state index in [1.54, 1.807) is 45.9 Å². The predicted octanol–water partition coefficient (Wildman–Crippen LogP) is 6.81. The zero-order valence-corrected chi connectivity index (χ0v) is 27.5. The van der Waals surface area contributed by atoms with Crippen molar-refractivity contribution in [3.63, 3.8) is 0 Å². The minimum absolute atomic E-state index is 0.0444. The number of carbonyl (C=O) groups is 2. The highest BCUT2D eigenvalue weighted by molar-refractivity contribution is 5.82. The summed E-state index contributed by atoms with van der Waals surface area (Å²) in [5.74, 6) is -3.11. The summed E-state index contributed by atoms with van der Waals surface area (Å²) in [6.07, 6.45) is -0.410. The van der Waals surface area contributed by atoms with Crippen molar-refractivity contribution in [1.29, 1.82) is 0 Å². The molecule has 7 nitrogen and oxygen atoms in total. The molecule has 3 aromatic rings. The van der Waals surface area contributed by atoms with Crippen molar-refractivity contribution in [3.05, 3.63) is 85.8 Å². The number of nitrogens with zero attached hydrogens (tertiary/aromatic N) is 3. The van der Waals surface area contributed by atoms with Crippen molar-refractivity contribution in [2.45, 2.75) is 91.8 Å². The number of aliphatic carboxylic acids is 1. The van der Waals surface area contributed by atoms with Crippen LogP contribution < -0.4 is 5.56 Å². The Kier molecular flexibility index (Phi) is 11.2. The van der Waals surface area contributed by atoms with E-state index in [0.717, 1.165) is 5.56 Å². The molecule has 1 aliphatic rings. The summed E-state index contributed by atoms with van der Waals surface area (Å²) in [4.78, 5) is 41.1. The Balaban J connectivity index is 1.64. The van der Waals surface area contributed by atoms with Crippen LogP contribution in [0.3, 0.4) is 0 Å². The van der Waals surface area contributed by atoms with Crippen LogP contribution >= 0.6 is 0 Å². The summed E-state index contributed by atoms with van der Waals surface area (Å²) in [5, 5.41) is 14.3. The molecular formula is C36H44F3N3O4. The number of benzene rings is 2. The molecule has 1 aromatic heterocycles. The number of aryl methyl sites for hydroxylation is 4. The van der Waals surface area contributed by atoms with Gasteiger partial charge in [-0.1, -0.05) is 13.8 Å². The van der Waals surface area contributed by atoms with Crippen molar-refractivity contribution in [2.24, 2.45) is 5.92 Å². The van der Waals surface area contributed by atoms with E-state index in [2.05, 4.69) is 5.10 Å². The van der Waals surface area contributed by atoms with Gasteiger partial charge in [0.2, 0.25) is 0 Å². The molecule has 1 aliphatic heterocycles. The molecule has 1 saturated heterocycles. The fraction of sp³-hybridized carbons (Fsp3) is 0.500. The number of carboxylic acid groups (broad SMARTS) is 1. The average molecular weight is 640 g/mol. The number of carbonyl (C=O) groups excluding carboxylic acids is 1. The lowest BCUT2D eigenvalue weighted by molar-refractivity contribution is -0.137. The summed E-state index contributed by atoms with van der Waals surface area (Å²) < 4.78 is 44.2. The number of hydrogen-bond acceptors (Lipinski definition) is 5. The summed E-state index contributed by atoms with van der Waals surface area (Å²) in [6.45, 7) is 12.0. The van der Waals surface area contributed by atoms with Gasteiger partial charge in [-0.15, -0.1) is 0 Å². The van der Waals surface area contributed by atoms with Gasteiger partial charge in [-0.2, -0.15) is 5.10 Å². The van der Waals surface area contributed by atoms with Crippen LogP contribution in [0.2, 0.25) is 0 Å². The smallest absolute Gasteiger partial charge is 0.303 e. The highest BCUT2D eigenvalue weighted by Crippen LogP contribution is 2.36. The first-order valence-electron chi connectivity index (χ1n) is 15.9. The maximum atomic E-state index is 15.7. The number of aromatic nitrogens is 2. The standard InChI is InChI=1S/C36H44F3N3O4/c1-20(2)11-31(42-36(46)24(6)15-29(40-42)9-10-41-18-28(38)19-41)32(43)8-7-25(17-33(44)45)30-16-26(12-23(5)35(30)39)34-21(3)13-27(37)14-22(34)4/h12-16,20,25,28,31H,7-11,17-19H2,1-6H3,(H,44,45)/t25-,31-/m0/s1. The van der Waals surface area contributed by atoms with Gasteiger partial charge in [0.15, 0.2) is 5.78 Å². The molecule has 10 heteroatoms. The minimum atomic E-state index is -1.13. The van der Waals surface area contributed by atoms with E-state index in [1.165, 1.54) is 16.8 Å². The van der Waals surface area contributed by atoms with Crippen LogP contribution in [0, 0.1) is 45.2 Å².